The van der Waals surface area contributed by atoms with Crippen LogP contribution in [0.2, 0.25) is 0 Å². The smallest absolute Gasteiger partial charge is 0.152 e. The van der Waals surface area contributed by atoms with E-state index in [0.717, 1.165) is 13.6 Å². The summed E-state index contributed by atoms with van der Waals surface area (Å²) < 4.78 is 1.89. The number of alkyl halides is 1. The average molecular weight is 373 g/mol. The maximum absolute atomic E-state index is 11.1. The summed E-state index contributed by atoms with van der Waals surface area (Å²) in [5, 5.41) is -0.553. The molecule has 0 aliphatic rings. The van der Waals surface area contributed by atoms with Crippen molar-refractivity contribution in [3.05, 3.63) is 31.8 Å². The van der Waals surface area contributed by atoms with E-state index in [4.69, 9.17) is 11.6 Å². The molecule has 0 heterocycles. The number of ketones is 1. The van der Waals surface area contributed by atoms with Gasteiger partial charge in [0, 0.05) is 13.6 Å². The molecule has 1 atom stereocenters. The second-order valence-corrected chi connectivity index (χ2v) is 5.06. The summed E-state index contributed by atoms with van der Waals surface area (Å²) in [6.45, 7) is 1.49. The SMILES string of the molecule is CC(=O)C(Cl)c1c(Br)cccc1I. The van der Waals surface area contributed by atoms with Gasteiger partial charge in [0.25, 0.3) is 0 Å². The Morgan fingerprint density at radius 1 is 1.62 bits per heavy atom. The number of rotatable bonds is 2. The van der Waals surface area contributed by atoms with Gasteiger partial charge in [-0.2, -0.15) is 0 Å². The molecule has 0 fully saturated rings. The summed E-state index contributed by atoms with van der Waals surface area (Å²) in [5.41, 5.74) is 0.859. The van der Waals surface area contributed by atoms with E-state index in [-0.39, 0.29) is 5.78 Å². The van der Waals surface area contributed by atoms with Crippen molar-refractivity contribution in [2.45, 2.75) is 12.3 Å². The second kappa shape index (κ2) is 4.75. The van der Waals surface area contributed by atoms with Crippen LogP contribution < -0.4 is 0 Å². The van der Waals surface area contributed by atoms with Crippen molar-refractivity contribution in [1.82, 2.24) is 0 Å². The third-order valence-corrected chi connectivity index (χ3v) is 3.77. The molecule has 1 unspecified atom stereocenters. The number of carbonyl (C=O) groups is 1. The molecule has 70 valence electrons. The number of hydrogen-bond donors (Lipinski definition) is 0. The molecule has 1 rings (SSSR count). The van der Waals surface area contributed by atoms with Crippen LogP contribution in [0.5, 0.6) is 0 Å². The van der Waals surface area contributed by atoms with Crippen molar-refractivity contribution >= 4 is 55.9 Å². The van der Waals surface area contributed by atoms with Crippen LogP contribution in [0.1, 0.15) is 17.9 Å². The molecule has 0 saturated carbocycles. The van der Waals surface area contributed by atoms with Crippen LogP contribution in [0.15, 0.2) is 22.7 Å². The third kappa shape index (κ3) is 2.67. The lowest BCUT2D eigenvalue weighted by atomic mass is 10.1. The van der Waals surface area contributed by atoms with Crippen LogP contribution in [-0.2, 0) is 4.79 Å². The van der Waals surface area contributed by atoms with E-state index in [1.165, 1.54) is 6.92 Å². The van der Waals surface area contributed by atoms with Crippen LogP contribution >= 0.6 is 50.1 Å². The highest BCUT2D eigenvalue weighted by Crippen LogP contribution is 2.32. The minimum Gasteiger partial charge on any atom is -0.298 e. The first-order valence-corrected chi connectivity index (χ1v) is 5.93. The van der Waals surface area contributed by atoms with Gasteiger partial charge < -0.3 is 0 Å². The van der Waals surface area contributed by atoms with Crippen molar-refractivity contribution in [3.8, 4) is 0 Å². The van der Waals surface area contributed by atoms with Gasteiger partial charge in [0.2, 0.25) is 0 Å². The quantitative estimate of drug-likeness (QED) is 0.567. The molecule has 0 aromatic heterocycles. The molecule has 13 heavy (non-hydrogen) atoms. The fraction of sp³-hybridized carbons (Fsp3) is 0.222. The van der Waals surface area contributed by atoms with E-state index in [1.807, 2.05) is 18.2 Å². The Kier molecular flexibility index (Phi) is 4.19. The van der Waals surface area contributed by atoms with Crippen LogP contribution in [0, 0.1) is 3.57 Å². The monoisotopic (exact) mass is 372 g/mol. The molecule has 0 N–H and O–H groups in total. The predicted molar refractivity (Wildman–Crippen MR) is 66.1 cm³/mol. The molecule has 4 heteroatoms. The second-order valence-electron chi connectivity index (χ2n) is 2.61. The molecule has 0 radical (unpaired) electrons. The van der Waals surface area contributed by atoms with E-state index < -0.39 is 5.38 Å². The van der Waals surface area contributed by atoms with Gasteiger partial charge in [-0.05, 0) is 41.6 Å². The maximum atomic E-state index is 11.1. The zero-order valence-electron chi connectivity index (χ0n) is 6.85. The Bertz CT molecular complexity index is 320. The summed E-state index contributed by atoms with van der Waals surface area (Å²) in [4.78, 5) is 11.1. The van der Waals surface area contributed by atoms with Crippen molar-refractivity contribution < 1.29 is 4.79 Å². The number of carbonyl (C=O) groups excluding carboxylic acids is 1. The Hall–Kier alpha value is 0.390. The third-order valence-electron chi connectivity index (χ3n) is 1.61. The van der Waals surface area contributed by atoms with Crippen molar-refractivity contribution in [2.75, 3.05) is 0 Å². The molecular formula is C9H7BrClIO. The van der Waals surface area contributed by atoms with E-state index in [2.05, 4.69) is 38.5 Å². The highest BCUT2D eigenvalue weighted by Gasteiger charge is 2.18. The average Bonchev–Trinajstić information content (AvgIpc) is 2.03. The van der Waals surface area contributed by atoms with E-state index in [0.29, 0.717) is 0 Å². The summed E-state index contributed by atoms with van der Waals surface area (Å²) in [6.07, 6.45) is 0. The zero-order valence-corrected chi connectivity index (χ0v) is 11.4. The van der Waals surface area contributed by atoms with Crippen LogP contribution in [0.4, 0.5) is 0 Å². The first kappa shape index (κ1) is 11.5. The fourth-order valence-electron chi connectivity index (χ4n) is 0.956. The molecule has 0 aliphatic carbocycles. The molecule has 1 aromatic rings. The van der Waals surface area contributed by atoms with Gasteiger partial charge in [-0.1, -0.05) is 22.0 Å². The molecule has 1 aromatic carbocycles. The van der Waals surface area contributed by atoms with Crippen molar-refractivity contribution in [2.24, 2.45) is 0 Å². The Balaban J connectivity index is 3.20. The number of benzene rings is 1. The van der Waals surface area contributed by atoms with E-state index in [1.54, 1.807) is 0 Å². The highest BCUT2D eigenvalue weighted by atomic mass is 127. The Morgan fingerprint density at radius 3 is 2.69 bits per heavy atom. The molecule has 0 spiro atoms. The van der Waals surface area contributed by atoms with Crippen molar-refractivity contribution in [1.29, 1.82) is 0 Å². The summed E-state index contributed by atoms with van der Waals surface area (Å²) in [6, 6.07) is 5.73. The molecule has 0 amide bonds. The first-order valence-electron chi connectivity index (χ1n) is 3.62. The van der Waals surface area contributed by atoms with Gasteiger partial charge in [-0.3, -0.25) is 4.79 Å². The molecule has 0 saturated heterocycles. The molecule has 0 bridgehead atoms. The van der Waals surface area contributed by atoms with Crippen LogP contribution in [-0.4, -0.2) is 5.78 Å². The summed E-state index contributed by atoms with van der Waals surface area (Å²) >= 11 is 11.5. The highest BCUT2D eigenvalue weighted by molar-refractivity contribution is 14.1. The fourth-order valence-corrected chi connectivity index (χ4v) is 3.28. The normalized spacial score (nSPS) is 12.6. The van der Waals surface area contributed by atoms with Gasteiger partial charge in [-0.15, -0.1) is 11.6 Å². The van der Waals surface area contributed by atoms with Gasteiger partial charge >= 0.3 is 0 Å². The lowest BCUT2D eigenvalue weighted by molar-refractivity contribution is -0.116. The summed E-state index contributed by atoms with van der Waals surface area (Å²) in [5.74, 6) is -0.0357. The van der Waals surface area contributed by atoms with Gasteiger partial charge in [0.05, 0.1) is 0 Å². The van der Waals surface area contributed by atoms with E-state index in [9.17, 15) is 4.79 Å². The number of hydrogen-bond acceptors (Lipinski definition) is 1. The minimum absolute atomic E-state index is 0.0357. The molecule has 0 aliphatic heterocycles. The number of halogens is 3. The lowest BCUT2D eigenvalue weighted by Crippen LogP contribution is -2.04. The first-order chi connectivity index (χ1) is 6.04. The Morgan fingerprint density at radius 2 is 2.23 bits per heavy atom. The molecular weight excluding hydrogens is 366 g/mol. The zero-order chi connectivity index (χ0) is 10.0. The van der Waals surface area contributed by atoms with Gasteiger partial charge in [0.15, 0.2) is 5.78 Å². The van der Waals surface area contributed by atoms with Crippen LogP contribution in [0.3, 0.4) is 0 Å². The number of Topliss-reactive ketones (excluding diaryl/α,β-unsaturated/α-hetero) is 1. The van der Waals surface area contributed by atoms with Crippen LogP contribution in [0.25, 0.3) is 0 Å². The Labute approximate surface area is 104 Å². The van der Waals surface area contributed by atoms with Gasteiger partial charge in [-0.25, -0.2) is 0 Å². The van der Waals surface area contributed by atoms with Crippen molar-refractivity contribution in [3.63, 3.8) is 0 Å². The van der Waals surface area contributed by atoms with E-state index >= 15 is 0 Å². The molecule has 1 nitrogen and oxygen atoms in total. The largest absolute Gasteiger partial charge is 0.298 e. The minimum atomic E-state index is -0.553. The van der Waals surface area contributed by atoms with Gasteiger partial charge in [0.1, 0.15) is 5.38 Å². The summed E-state index contributed by atoms with van der Waals surface area (Å²) in [7, 11) is 0. The lowest BCUT2D eigenvalue weighted by Gasteiger charge is -2.10. The standard InChI is InChI=1S/C9H7BrClIO/c1-5(13)9(11)8-6(10)3-2-4-7(8)12/h2-4,9H,1H3. The topological polar surface area (TPSA) is 17.1 Å². The predicted octanol–water partition coefficient (Wildman–Crippen LogP) is 3.92. The maximum Gasteiger partial charge on any atom is 0.152 e.